The molecule has 2 aliphatic heterocycles. The van der Waals surface area contributed by atoms with Crippen molar-refractivity contribution in [2.24, 2.45) is 0 Å². The summed E-state index contributed by atoms with van der Waals surface area (Å²) in [7, 11) is 0. The number of hydrogen-bond donors (Lipinski definition) is 0. The summed E-state index contributed by atoms with van der Waals surface area (Å²) >= 11 is 0. The number of fused-ring (bicyclic) bond motifs is 1. The fourth-order valence-corrected chi connectivity index (χ4v) is 2.10. The predicted octanol–water partition coefficient (Wildman–Crippen LogP) is 0.926. The van der Waals surface area contributed by atoms with Gasteiger partial charge in [0, 0.05) is 0 Å². The second kappa shape index (κ2) is 5.59. The van der Waals surface area contributed by atoms with Crippen LogP contribution >= 0.6 is 0 Å². The summed E-state index contributed by atoms with van der Waals surface area (Å²) in [4.78, 5) is 0. The van der Waals surface area contributed by atoms with Gasteiger partial charge in [-0.2, -0.15) is 0 Å². The Hall–Kier alpha value is -0.680. The molecule has 0 N–H and O–H groups in total. The van der Waals surface area contributed by atoms with Crippen molar-refractivity contribution in [3.63, 3.8) is 0 Å². The van der Waals surface area contributed by atoms with Crippen molar-refractivity contribution in [2.45, 2.75) is 24.4 Å². The third-order valence-electron chi connectivity index (χ3n) is 2.82. The van der Waals surface area contributed by atoms with Gasteiger partial charge < -0.3 is 18.9 Å². The van der Waals surface area contributed by atoms with Crippen molar-refractivity contribution < 1.29 is 18.9 Å². The first-order valence-corrected chi connectivity index (χ1v) is 5.55. The molecule has 4 heteroatoms. The van der Waals surface area contributed by atoms with Gasteiger partial charge in [0.1, 0.15) is 24.4 Å². The molecule has 2 saturated heterocycles. The fraction of sp³-hybridized carbons (Fsp3) is 0.667. The second-order valence-corrected chi connectivity index (χ2v) is 3.92. The normalized spacial score (nSPS) is 37.2. The second-order valence-electron chi connectivity index (χ2n) is 3.92. The van der Waals surface area contributed by atoms with Crippen LogP contribution in [0.2, 0.25) is 0 Å². The minimum absolute atomic E-state index is 0.000307. The third kappa shape index (κ3) is 2.35. The molecule has 4 nitrogen and oxygen atoms in total. The van der Waals surface area contributed by atoms with Gasteiger partial charge >= 0.3 is 0 Å². The summed E-state index contributed by atoms with van der Waals surface area (Å²) in [6.45, 7) is 9.43. The van der Waals surface area contributed by atoms with E-state index in [-0.39, 0.29) is 24.4 Å². The van der Waals surface area contributed by atoms with Gasteiger partial charge in [-0.15, -0.1) is 13.2 Å². The van der Waals surface area contributed by atoms with Crippen molar-refractivity contribution >= 4 is 0 Å². The van der Waals surface area contributed by atoms with Crippen molar-refractivity contribution in [3.8, 4) is 0 Å². The first kappa shape index (κ1) is 11.8. The van der Waals surface area contributed by atoms with E-state index in [0.29, 0.717) is 26.4 Å². The topological polar surface area (TPSA) is 36.9 Å². The van der Waals surface area contributed by atoms with Crippen molar-refractivity contribution in [3.05, 3.63) is 25.3 Å². The van der Waals surface area contributed by atoms with Gasteiger partial charge in [-0.1, -0.05) is 12.2 Å². The molecule has 90 valence electrons. The van der Waals surface area contributed by atoms with Crippen LogP contribution in [0.3, 0.4) is 0 Å². The summed E-state index contributed by atoms with van der Waals surface area (Å²) in [5.74, 6) is 0. The van der Waals surface area contributed by atoms with Crippen LogP contribution in [-0.2, 0) is 18.9 Å². The first-order chi connectivity index (χ1) is 7.86. The Balaban J connectivity index is 1.85. The summed E-state index contributed by atoms with van der Waals surface area (Å²) in [5, 5.41) is 0. The Kier molecular flexibility index (Phi) is 4.12. The molecule has 0 aromatic heterocycles. The summed E-state index contributed by atoms with van der Waals surface area (Å²) in [6.07, 6.45) is 3.45. The molecular formula is C12H18O4. The van der Waals surface area contributed by atoms with Crippen LogP contribution in [0.4, 0.5) is 0 Å². The zero-order chi connectivity index (χ0) is 11.4. The zero-order valence-corrected chi connectivity index (χ0v) is 9.34. The Bertz CT molecular complexity index is 227. The summed E-state index contributed by atoms with van der Waals surface area (Å²) in [6, 6.07) is 0. The lowest BCUT2D eigenvalue weighted by atomic mass is 10.1. The third-order valence-corrected chi connectivity index (χ3v) is 2.82. The average Bonchev–Trinajstić information content (AvgIpc) is 2.86. The summed E-state index contributed by atoms with van der Waals surface area (Å²) < 4.78 is 22.5. The van der Waals surface area contributed by atoms with Crippen LogP contribution in [-0.4, -0.2) is 50.8 Å². The predicted molar refractivity (Wildman–Crippen MR) is 59.4 cm³/mol. The maximum absolute atomic E-state index is 5.65. The molecular weight excluding hydrogens is 208 g/mol. The molecule has 0 aromatic carbocycles. The molecule has 0 aliphatic carbocycles. The van der Waals surface area contributed by atoms with Gasteiger partial charge in [-0.05, 0) is 0 Å². The Morgan fingerprint density at radius 2 is 1.38 bits per heavy atom. The Labute approximate surface area is 95.8 Å². The van der Waals surface area contributed by atoms with E-state index in [0.717, 1.165) is 0 Å². The van der Waals surface area contributed by atoms with Crippen LogP contribution in [0, 0.1) is 0 Å². The highest BCUT2D eigenvalue weighted by Gasteiger charge is 2.48. The van der Waals surface area contributed by atoms with Gasteiger partial charge in [-0.25, -0.2) is 0 Å². The highest BCUT2D eigenvalue weighted by atomic mass is 16.6. The van der Waals surface area contributed by atoms with Crippen molar-refractivity contribution in [1.29, 1.82) is 0 Å². The van der Waals surface area contributed by atoms with Crippen LogP contribution < -0.4 is 0 Å². The van der Waals surface area contributed by atoms with E-state index in [9.17, 15) is 0 Å². The van der Waals surface area contributed by atoms with Crippen molar-refractivity contribution in [2.75, 3.05) is 26.4 Å². The molecule has 2 rings (SSSR count). The number of hydrogen-bond acceptors (Lipinski definition) is 4. The number of ether oxygens (including phenoxy) is 4. The van der Waals surface area contributed by atoms with Gasteiger partial charge in [0.2, 0.25) is 0 Å². The van der Waals surface area contributed by atoms with E-state index >= 15 is 0 Å². The molecule has 2 unspecified atom stereocenters. The smallest absolute Gasteiger partial charge is 0.115 e. The van der Waals surface area contributed by atoms with Crippen LogP contribution in [0.5, 0.6) is 0 Å². The van der Waals surface area contributed by atoms with Gasteiger partial charge in [0.15, 0.2) is 0 Å². The lowest BCUT2D eigenvalue weighted by molar-refractivity contribution is -0.0402. The Morgan fingerprint density at radius 1 is 0.938 bits per heavy atom. The van der Waals surface area contributed by atoms with E-state index in [4.69, 9.17) is 18.9 Å². The molecule has 0 spiro atoms. The SMILES string of the molecule is C=CCO[C@H]1COC2C1OC[C@H]2OCC=C. The molecule has 0 bridgehead atoms. The molecule has 4 atom stereocenters. The highest BCUT2D eigenvalue weighted by molar-refractivity contribution is 4.96. The van der Waals surface area contributed by atoms with Gasteiger partial charge in [0.25, 0.3) is 0 Å². The molecule has 0 aromatic rings. The fourth-order valence-electron chi connectivity index (χ4n) is 2.10. The molecule has 16 heavy (non-hydrogen) atoms. The van der Waals surface area contributed by atoms with E-state index in [2.05, 4.69) is 13.2 Å². The Morgan fingerprint density at radius 3 is 1.75 bits per heavy atom. The summed E-state index contributed by atoms with van der Waals surface area (Å²) in [5.41, 5.74) is 0. The van der Waals surface area contributed by atoms with E-state index in [1.807, 2.05) is 0 Å². The zero-order valence-electron chi connectivity index (χ0n) is 9.34. The monoisotopic (exact) mass is 226 g/mol. The molecule has 0 radical (unpaired) electrons. The maximum Gasteiger partial charge on any atom is 0.115 e. The molecule has 0 amide bonds. The largest absolute Gasteiger partial charge is 0.370 e. The maximum atomic E-state index is 5.65. The van der Waals surface area contributed by atoms with Gasteiger partial charge in [-0.3, -0.25) is 0 Å². The van der Waals surface area contributed by atoms with E-state index < -0.39 is 0 Å². The number of rotatable bonds is 6. The lowest BCUT2D eigenvalue weighted by Crippen LogP contribution is -2.34. The molecule has 2 heterocycles. The van der Waals surface area contributed by atoms with E-state index in [1.165, 1.54) is 0 Å². The minimum Gasteiger partial charge on any atom is -0.370 e. The van der Waals surface area contributed by atoms with Crippen LogP contribution in [0.25, 0.3) is 0 Å². The highest BCUT2D eigenvalue weighted by Crippen LogP contribution is 2.30. The molecule has 2 aliphatic rings. The van der Waals surface area contributed by atoms with Crippen molar-refractivity contribution in [1.82, 2.24) is 0 Å². The molecule has 2 fully saturated rings. The van der Waals surface area contributed by atoms with Gasteiger partial charge in [0.05, 0.1) is 26.4 Å². The minimum atomic E-state index is -0.00485. The van der Waals surface area contributed by atoms with E-state index in [1.54, 1.807) is 12.2 Å². The first-order valence-electron chi connectivity index (χ1n) is 5.55. The standard InChI is InChI=1S/C12H18O4/c1-3-5-13-9-7-15-12-10(14-6-4-2)8-16-11(9)12/h3-4,9-12H,1-2,5-8H2/t9-,10+,11?,12?. The quantitative estimate of drug-likeness (QED) is 0.631. The van der Waals surface area contributed by atoms with Crippen LogP contribution in [0.15, 0.2) is 25.3 Å². The lowest BCUT2D eigenvalue weighted by Gasteiger charge is -2.16. The average molecular weight is 226 g/mol. The van der Waals surface area contributed by atoms with Crippen LogP contribution in [0.1, 0.15) is 0 Å². The molecule has 0 saturated carbocycles.